The smallest absolute Gasteiger partial charge is 0.164 e. The van der Waals surface area contributed by atoms with Gasteiger partial charge in [-0.25, -0.2) is 0 Å². The molecule has 1 atom stereocenters. The molecule has 1 unspecified atom stereocenters. The van der Waals surface area contributed by atoms with E-state index < -0.39 is 0 Å². The van der Waals surface area contributed by atoms with Crippen molar-refractivity contribution in [2.45, 2.75) is 26.3 Å². The molecule has 0 saturated heterocycles. The number of ether oxygens (including phenoxy) is 2. The highest BCUT2D eigenvalue weighted by Crippen LogP contribution is 2.32. The Hall–Kier alpha value is -0.870. The predicted octanol–water partition coefficient (Wildman–Crippen LogP) is 2.72. The fraction of sp³-hybridized carbons (Fsp3) is 0.571. The second-order valence-corrected chi connectivity index (χ2v) is 5.19. The number of benzene rings is 1. The van der Waals surface area contributed by atoms with Crippen LogP contribution in [0, 0.1) is 0 Å². The highest BCUT2D eigenvalue weighted by atomic mass is 32.2. The Bertz CT molecular complexity index is 356. The van der Waals surface area contributed by atoms with Crippen LogP contribution in [-0.2, 0) is 6.42 Å². The van der Waals surface area contributed by atoms with Crippen LogP contribution in [0.2, 0.25) is 0 Å². The minimum absolute atomic E-state index is 0.116. The molecule has 0 aliphatic heterocycles. The molecule has 1 aromatic carbocycles. The lowest BCUT2D eigenvalue weighted by atomic mass is 10.1. The summed E-state index contributed by atoms with van der Waals surface area (Å²) in [7, 11) is 0. The van der Waals surface area contributed by atoms with Gasteiger partial charge in [0.15, 0.2) is 11.5 Å². The van der Waals surface area contributed by atoms with Crippen LogP contribution in [0.1, 0.15) is 19.4 Å². The summed E-state index contributed by atoms with van der Waals surface area (Å²) in [5.41, 5.74) is 6.99. The third kappa shape index (κ3) is 4.78. The maximum atomic E-state index is 5.87. The topological polar surface area (TPSA) is 44.5 Å². The lowest BCUT2D eigenvalue weighted by Gasteiger charge is -2.16. The predicted molar refractivity (Wildman–Crippen MR) is 78.8 cm³/mol. The molecule has 1 aromatic rings. The molecule has 0 fully saturated rings. The number of rotatable bonds is 8. The first kappa shape index (κ1) is 15.2. The summed E-state index contributed by atoms with van der Waals surface area (Å²) in [5, 5.41) is 0. The van der Waals surface area contributed by atoms with Crippen molar-refractivity contribution in [3.63, 3.8) is 0 Å². The summed E-state index contributed by atoms with van der Waals surface area (Å²) in [5.74, 6) is 2.64. The van der Waals surface area contributed by atoms with Gasteiger partial charge < -0.3 is 15.2 Å². The van der Waals surface area contributed by atoms with E-state index in [4.69, 9.17) is 15.2 Å². The van der Waals surface area contributed by atoms with Gasteiger partial charge in [0.2, 0.25) is 0 Å². The number of hydrogen-bond acceptors (Lipinski definition) is 4. The molecule has 0 heterocycles. The second kappa shape index (κ2) is 8.27. The summed E-state index contributed by atoms with van der Waals surface area (Å²) < 4.78 is 11.5. The fourth-order valence-corrected chi connectivity index (χ4v) is 1.98. The molecule has 1 rings (SSSR count). The van der Waals surface area contributed by atoms with Crippen molar-refractivity contribution in [1.82, 2.24) is 0 Å². The van der Waals surface area contributed by atoms with Gasteiger partial charge in [-0.05, 0) is 38.2 Å². The molecule has 4 heteroatoms. The van der Waals surface area contributed by atoms with Crippen molar-refractivity contribution in [1.29, 1.82) is 0 Å². The molecule has 18 heavy (non-hydrogen) atoms. The lowest BCUT2D eigenvalue weighted by molar-refractivity contribution is 0.286. The molecule has 2 N–H and O–H groups in total. The van der Waals surface area contributed by atoms with E-state index in [1.54, 1.807) is 11.8 Å². The van der Waals surface area contributed by atoms with Gasteiger partial charge in [0.05, 0.1) is 13.2 Å². The molecular weight excluding hydrogens is 246 g/mol. The molecule has 0 radical (unpaired) electrons. The average molecular weight is 269 g/mol. The van der Waals surface area contributed by atoms with E-state index in [2.05, 4.69) is 12.3 Å². The normalized spacial score (nSPS) is 12.2. The van der Waals surface area contributed by atoms with Gasteiger partial charge in [-0.15, -0.1) is 0 Å². The molecule has 0 bridgehead atoms. The zero-order valence-corrected chi connectivity index (χ0v) is 12.3. The summed E-state index contributed by atoms with van der Waals surface area (Å²) in [4.78, 5) is 0. The van der Waals surface area contributed by atoms with Crippen molar-refractivity contribution in [2.24, 2.45) is 5.73 Å². The highest BCUT2D eigenvalue weighted by Gasteiger charge is 2.12. The lowest BCUT2D eigenvalue weighted by Crippen LogP contribution is -2.18. The molecule has 0 saturated carbocycles. The second-order valence-electron chi connectivity index (χ2n) is 4.20. The quantitative estimate of drug-likeness (QED) is 0.737. The third-order valence-electron chi connectivity index (χ3n) is 2.44. The highest BCUT2D eigenvalue weighted by molar-refractivity contribution is 7.98. The van der Waals surface area contributed by atoms with Crippen molar-refractivity contribution >= 4 is 11.8 Å². The number of para-hydroxylation sites is 1. The van der Waals surface area contributed by atoms with Gasteiger partial charge in [0.1, 0.15) is 0 Å². The molecule has 102 valence electrons. The Morgan fingerprint density at radius 2 is 2.11 bits per heavy atom. The Balaban J connectivity index is 2.88. The van der Waals surface area contributed by atoms with Crippen molar-refractivity contribution < 1.29 is 9.47 Å². The fourth-order valence-electron chi connectivity index (χ4n) is 1.73. The van der Waals surface area contributed by atoms with Gasteiger partial charge in [-0.3, -0.25) is 0 Å². The summed E-state index contributed by atoms with van der Waals surface area (Å²) in [6.45, 7) is 5.31. The minimum atomic E-state index is 0.116. The number of hydrogen-bond donors (Lipinski definition) is 1. The van der Waals surface area contributed by atoms with Crippen LogP contribution in [0.3, 0.4) is 0 Å². The Labute approximate surface area is 114 Å². The van der Waals surface area contributed by atoms with Crippen LogP contribution in [0.4, 0.5) is 0 Å². The SMILES string of the molecule is CCOc1cccc(CC(C)N)c1OCCSC. The van der Waals surface area contributed by atoms with Crippen molar-refractivity contribution in [3.8, 4) is 11.5 Å². The molecular formula is C14H23NO2S. The van der Waals surface area contributed by atoms with Crippen LogP contribution < -0.4 is 15.2 Å². The van der Waals surface area contributed by atoms with Gasteiger partial charge in [-0.2, -0.15) is 11.8 Å². The monoisotopic (exact) mass is 269 g/mol. The van der Waals surface area contributed by atoms with E-state index >= 15 is 0 Å². The van der Waals surface area contributed by atoms with Gasteiger partial charge in [0, 0.05) is 11.8 Å². The molecule has 3 nitrogen and oxygen atoms in total. The maximum absolute atomic E-state index is 5.87. The van der Waals surface area contributed by atoms with Crippen LogP contribution in [0.5, 0.6) is 11.5 Å². The van der Waals surface area contributed by atoms with Crippen LogP contribution in [0.25, 0.3) is 0 Å². The van der Waals surface area contributed by atoms with E-state index in [9.17, 15) is 0 Å². The van der Waals surface area contributed by atoms with Crippen LogP contribution >= 0.6 is 11.8 Å². The molecule has 0 aliphatic carbocycles. The summed E-state index contributed by atoms with van der Waals surface area (Å²) in [6, 6.07) is 6.11. The zero-order valence-electron chi connectivity index (χ0n) is 11.4. The van der Waals surface area contributed by atoms with E-state index in [0.29, 0.717) is 13.2 Å². The minimum Gasteiger partial charge on any atom is -0.490 e. The Morgan fingerprint density at radius 3 is 2.72 bits per heavy atom. The van der Waals surface area contributed by atoms with Crippen molar-refractivity contribution in [3.05, 3.63) is 23.8 Å². The largest absolute Gasteiger partial charge is 0.490 e. The Morgan fingerprint density at radius 1 is 1.33 bits per heavy atom. The molecule has 0 spiro atoms. The molecule has 0 amide bonds. The van der Waals surface area contributed by atoms with Crippen LogP contribution in [-0.4, -0.2) is 31.3 Å². The Kier molecular flexibility index (Phi) is 6.98. The van der Waals surface area contributed by atoms with E-state index in [-0.39, 0.29) is 6.04 Å². The van der Waals surface area contributed by atoms with Crippen molar-refractivity contribution in [2.75, 3.05) is 25.2 Å². The maximum Gasteiger partial charge on any atom is 0.164 e. The van der Waals surface area contributed by atoms with Gasteiger partial charge in [-0.1, -0.05) is 12.1 Å². The zero-order chi connectivity index (χ0) is 13.4. The summed E-state index contributed by atoms with van der Waals surface area (Å²) >= 11 is 1.77. The number of thioether (sulfide) groups is 1. The standard InChI is InChI=1S/C14H23NO2S/c1-4-16-13-7-5-6-12(10-11(2)15)14(13)17-8-9-18-3/h5-7,11H,4,8-10,15H2,1-3H3. The first-order valence-corrected chi connectivity index (χ1v) is 7.70. The molecule has 0 aliphatic rings. The van der Waals surface area contributed by atoms with Gasteiger partial charge >= 0.3 is 0 Å². The van der Waals surface area contributed by atoms with Crippen LogP contribution in [0.15, 0.2) is 18.2 Å². The number of nitrogens with two attached hydrogens (primary N) is 1. The summed E-state index contributed by atoms with van der Waals surface area (Å²) in [6.07, 6.45) is 2.87. The molecule has 0 aromatic heterocycles. The first-order valence-electron chi connectivity index (χ1n) is 6.31. The van der Waals surface area contributed by atoms with Gasteiger partial charge in [0.25, 0.3) is 0 Å². The first-order chi connectivity index (χ1) is 8.69. The van der Waals surface area contributed by atoms with E-state index in [1.807, 2.05) is 26.0 Å². The van der Waals surface area contributed by atoms with E-state index in [1.165, 1.54) is 0 Å². The third-order valence-corrected chi connectivity index (χ3v) is 3.01. The average Bonchev–Trinajstić information content (AvgIpc) is 2.32. The van der Waals surface area contributed by atoms with E-state index in [0.717, 1.165) is 29.2 Å².